The van der Waals surface area contributed by atoms with E-state index in [9.17, 15) is 9.59 Å². The van der Waals surface area contributed by atoms with E-state index in [1.54, 1.807) is 54.6 Å². The molecule has 0 unspecified atom stereocenters. The number of benzene rings is 2. The summed E-state index contributed by atoms with van der Waals surface area (Å²) in [5.74, 6) is 0.250. The number of anilines is 1. The second kappa shape index (κ2) is 8.53. The number of hydrogen-bond donors (Lipinski definition) is 2. The van der Waals surface area contributed by atoms with Gasteiger partial charge in [-0.1, -0.05) is 18.7 Å². The lowest BCUT2D eigenvalue weighted by molar-refractivity contribution is 0.0954. The first-order valence-electron chi connectivity index (χ1n) is 7.67. The molecule has 0 spiro atoms. The molecule has 0 aromatic heterocycles. The molecule has 0 bridgehead atoms. The summed E-state index contributed by atoms with van der Waals surface area (Å²) in [4.78, 5) is 24.1. The number of carbonyl (C=O) groups is 2. The van der Waals surface area contributed by atoms with Gasteiger partial charge in [-0.2, -0.15) is 0 Å². The summed E-state index contributed by atoms with van der Waals surface area (Å²) >= 11 is 0. The molecule has 0 heterocycles. The summed E-state index contributed by atoms with van der Waals surface area (Å²) in [6.45, 7) is 6.40. The Morgan fingerprint density at radius 3 is 2.50 bits per heavy atom. The van der Waals surface area contributed by atoms with Gasteiger partial charge in [0.15, 0.2) is 0 Å². The molecule has 24 heavy (non-hydrogen) atoms. The van der Waals surface area contributed by atoms with Crippen LogP contribution in [0.2, 0.25) is 0 Å². The molecule has 0 aliphatic carbocycles. The van der Waals surface area contributed by atoms with Gasteiger partial charge in [0.2, 0.25) is 0 Å². The van der Waals surface area contributed by atoms with Crippen molar-refractivity contribution in [3.05, 3.63) is 72.3 Å². The van der Waals surface area contributed by atoms with Crippen LogP contribution in [-0.2, 0) is 0 Å². The Labute approximate surface area is 141 Å². The molecular formula is C19H20N2O3. The van der Waals surface area contributed by atoms with Gasteiger partial charge in [0.05, 0.1) is 0 Å². The fourth-order valence-electron chi connectivity index (χ4n) is 2.06. The Bertz CT molecular complexity index is 724. The fourth-order valence-corrected chi connectivity index (χ4v) is 2.06. The lowest BCUT2D eigenvalue weighted by Gasteiger charge is -2.08. The lowest BCUT2D eigenvalue weighted by atomic mass is 10.1. The average molecular weight is 324 g/mol. The molecular weight excluding hydrogens is 304 g/mol. The second-order valence-corrected chi connectivity index (χ2v) is 5.02. The third kappa shape index (κ3) is 4.71. The first-order chi connectivity index (χ1) is 11.6. The highest BCUT2D eigenvalue weighted by Gasteiger charge is 2.09. The van der Waals surface area contributed by atoms with Gasteiger partial charge in [-0.05, 0) is 49.4 Å². The average Bonchev–Trinajstić information content (AvgIpc) is 2.61. The van der Waals surface area contributed by atoms with E-state index < -0.39 is 0 Å². The zero-order chi connectivity index (χ0) is 17.4. The molecule has 2 N–H and O–H groups in total. The lowest BCUT2D eigenvalue weighted by Crippen LogP contribution is -2.22. The number of nitrogens with one attached hydrogen (secondary N) is 2. The summed E-state index contributed by atoms with van der Waals surface area (Å²) in [5.41, 5.74) is 1.57. The standard InChI is InChI=1S/C19H20N2O3/c1-3-12-24-17-10-8-14(9-11-17)19(23)21-16-7-5-6-15(13-16)18(22)20-4-2/h3,5-11,13H,1,4,12H2,2H3,(H,20,22)(H,21,23). The largest absolute Gasteiger partial charge is 0.490 e. The molecule has 2 aromatic rings. The molecule has 5 nitrogen and oxygen atoms in total. The van der Waals surface area contributed by atoms with Crippen molar-refractivity contribution in [1.29, 1.82) is 0 Å². The number of ether oxygens (including phenoxy) is 1. The summed E-state index contributed by atoms with van der Waals surface area (Å²) in [6.07, 6.45) is 1.66. The minimum Gasteiger partial charge on any atom is -0.490 e. The first kappa shape index (κ1) is 17.3. The predicted octanol–water partition coefficient (Wildman–Crippen LogP) is 3.25. The molecule has 5 heteroatoms. The Balaban J connectivity index is 2.05. The second-order valence-electron chi connectivity index (χ2n) is 5.02. The van der Waals surface area contributed by atoms with Gasteiger partial charge in [-0.3, -0.25) is 9.59 Å². The van der Waals surface area contributed by atoms with Crippen LogP contribution in [0.3, 0.4) is 0 Å². The van der Waals surface area contributed by atoms with Gasteiger partial charge in [0, 0.05) is 23.4 Å². The fraction of sp³-hybridized carbons (Fsp3) is 0.158. The molecule has 0 aliphatic rings. The molecule has 0 atom stereocenters. The molecule has 0 saturated carbocycles. The molecule has 0 saturated heterocycles. The Morgan fingerprint density at radius 1 is 1.08 bits per heavy atom. The third-order valence-corrected chi connectivity index (χ3v) is 3.20. The smallest absolute Gasteiger partial charge is 0.255 e. The van der Waals surface area contributed by atoms with Crippen molar-refractivity contribution in [1.82, 2.24) is 5.32 Å². The molecule has 2 aromatic carbocycles. The van der Waals surface area contributed by atoms with Crippen molar-refractivity contribution in [3.63, 3.8) is 0 Å². The number of rotatable bonds is 7. The van der Waals surface area contributed by atoms with Crippen molar-refractivity contribution in [2.75, 3.05) is 18.5 Å². The zero-order valence-corrected chi connectivity index (χ0v) is 13.5. The van der Waals surface area contributed by atoms with Gasteiger partial charge < -0.3 is 15.4 Å². The zero-order valence-electron chi connectivity index (χ0n) is 13.5. The van der Waals surface area contributed by atoms with Crippen LogP contribution in [0.15, 0.2) is 61.2 Å². The number of amides is 2. The van der Waals surface area contributed by atoms with Crippen molar-refractivity contribution in [2.24, 2.45) is 0 Å². The minimum absolute atomic E-state index is 0.169. The van der Waals surface area contributed by atoms with Crippen LogP contribution in [0.4, 0.5) is 5.69 Å². The summed E-state index contributed by atoms with van der Waals surface area (Å²) < 4.78 is 5.38. The monoisotopic (exact) mass is 324 g/mol. The number of hydrogen-bond acceptors (Lipinski definition) is 3. The highest BCUT2D eigenvalue weighted by molar-refractivity contribution is 6.05. The van der Waals surface area contributed by atoms with Gasteiger partial charge >= 0.3 is 0 Å². The summed E-state index contributed by atoms with van der Waals surface area (Å²) in [5, 5.41) is 5.51. The Kier molecular flexibility index (Phi) is 6.14. The molecule has 2 amide bonds. The van der Waals surface area contributed by atoms with E-state index in [1.165, 1.54) is 0 Å². The SMILES string of the molecule is C=CCOc1ccc(C(=O)Nc2cccc(C(=O)NCC)c2)cc1. The van der Waals surface area contributed by atoms with Crippen LogP contribution in [0.25, 0.3) is 0 Å². The highest BCUT2D eigenvalue weighted by atomic mass is 16.5. The molecule has 2 rings (SSSR count). The normalized spacial score (nSPS) is 9.88. The maximum absolute atomic E-state index is 12.3. The van der Waals surface area contributed by atoms with Crippen molar-refractivity contribution in [2.45, 2.75) is 6.92 Å². The predicted molar refractivity (Wildman–Crippen MR) is 94.5 cm³/mol. The van der Waals surface area contributed by atoms with E-state index in [0.717, 1.165) is 0 Å². The van der Waals surface area contributed by atoms with E-state index in [0.29, 0.717) is 35.7 Å². The van der Waals surface area contributed by atoms with Crippen LogP contribution >= 0.6 is 0 Å². The van der Waals surface area contributed by atoms with Crippen LogP contribution in [0.1, 0.15) is 27.6 Å². The molecule has 0 aliphatic heterocycles. The molecule has 0 radical (unpaired) electrons. The quantitative estimate of drug-likeness (QED) is 0.768. The number of carbonyl (C=O) groups excluding carboxylic acids is 2. The van der Waals surface area contributed by atoms with Gasteiger partial charge in [0.1, 0.15) is 12.4 Å². The van der Waals surface area contributed by atoms with Crippen molar-refractivity contribution < 1.29 is 14.3 Å². The van der Waals surface area contributed by atoms with Crippen molar-refractivity contribution >= 4 is 17.5 Å². The van der Waals surface area contributed by atoms with E-state index in [1.807, 2.05) is 6.92 Å². The molecule has 0 fully saturated rings. The Morgan fingerprint density at radius 2 is 1.83 bits per heavy atom. The van der Waals surface area contributed by atoms with Gasteiger partial charge in [-0.25, -0.2) is 0 Å². The van der Waals surface area contributed by atoms with Crippen LogP contribution < -0.4 is 15.4 Å². The third-order valence-electron chi connectivity index (χ3n) is 3.20. The minimum atomic E-state index is -0.252. The Hall–Kier alpha value is -3.08. The first-order valence-corrected chi connectivity index (χ1v) is 7.67. The maximum Gasteiger partial charge on any atom is 0.255 e. The summed E-state index contributed by atoms with van der Waals surface area (Å²) in [7, 11) is 0. The van der Waals surface area contributed by atoms with E-state index in [2.05, 4.69) is 17.2 Å². The topological polar surface area (TPSA) is 67.4 Å². The maximum atomic E-state index is 12.3. The van der Waals surface area contributed by atoms with Crippen LogP contribution in [0, 0.1) is 0 Å². The van der Waals surface area contributed by atoms with Gasteiger partial charge in [0.25, 0.3) is 11.8 Å². The van der Waals surface area contributed by atoms with Crippen LogP contribution in [0.5, 0.6) is 5.75 Å². The van der Waals surface area contributed by atoms with Gasteiger partial charge in [-0.15, -0.1) is 0 Å². The highest BCUT2D eigenvalue weighted by Crippen LogP contribution is 2.15. The van der Waals surface area contributed by atoms with E-state index >= 15 is 0 Å². The van der Waals surface area contributed by atoms with E-state index in [-0.39, 0.29) is 11.8 Å². The van der Waals surface area contributed by atoms with Crippen molar-refractivity contribution in [3.8, 4) is 5.75 Å². The van der Waals surface area contributed by atoms with Crippen LogP contribution in [-0.4, -0.2) is 25.0 Å². The summed E-state index contributed by atoms with van der Waals surface area (Å²) in [6, 6.07) is 13.6. The van der Waals surface area contributed by atoms with E-state index in [4.69, 9.17) is 4.74 Å². The molecule has 124 valence electrons.